The molecule has 2 rings (SSSR count). The fraction of sp³-hybridized carbons (Fsp3) is 0.429. The Bertz CT molecular complexity index is 496. The van der Waals surface area contributed by atoms with Crippen molar-refractivity contribution in [2.24, 2.45) is 5.92 Å². The van der Waals surface area contributed by atoms with Crippen molar-refractivity contribution >= 4 is 15.9 Å². The van der Waals surface area contributed by atoms with Gasteiger partial charge in [0.15, 0.2) is 9.84 Å². The molecule has 1 aromatic carbocycles. The smallest absolute Gasteiger partial charge is 0.178 e. The first kappa shape index (κ1) is 13.3. The summed E-state index contributed by atoms with van der Waals surface area (Å²) < 4.78 is 29.7. The molecule has 18 heavy (non-hydrogen) atoms. The van der Waals surface area contributed by atoms with Gasteiger partial charge < -0.3 is 4.74 Å². The zero-order valence-electron chi connectivity index (χ0n) is 10.3. The molecule has 0 N–H and O–H groups in total. The first-order valence-electron chi connectivity index (χ1n) is 6.15. The van der Waals surface area contributed by atoms with E-state index in [9.17, 15) is 8.42 Å². The SMILES string of the molecule is C=Cc1ccc(S(=O)(=O)CC2CCOCC2)cc1. The van der Waals surface area contributed by atoms with E-state index in [1.807, 2.05) is 0 Å². The van der Waals surface area contributed by atoms with Gasteiger partial charge in [-0.3, -0.25) is 0 Å². The van der Waals surface area contributed by atoms with Gasteiger partial charge in [0.1, 0.15) is 0 Å². The Morgan fingerprint density at radius 1 is 1.22 bits per heavy atom. The molecule has 0 aromatic heterocycles. The van der Waals surface area contributed by atoms with Gasteiger partial charge in [0.25, 0.3) is 0 Å². The number of rotatable bonds is 4. The van der Waals surface area contributed by atoms with Crippen molar-refractivity contribution in [3.63, 3.8) is 0 Å². The van der Waals surface area contributed by atoms with E-state index in [1.165, 1.54) is 0 Å². The lowest BCUT2D eigenvalue weighted by Crippen LogP contribution is -2.23. The van der Waals surface area contributed by atoms with Gasteiger partial charge in [-0.2, -0.15) is 0 Å². The van der Waals surface area contributed by atoms with Crippen molar-refractivity contribution in [1.29, 1.82) is 0 Å². The third kappa shape index (κ3) is 3.21. The summed E-state index contributed by atoms with van der Waals surface area (Å²) in [5, 5.41) is 0. The summed E-state index contributed by atoms with van der Waals surface area (Å²) in [5.74, 6) is 0.451. The van der Waals surface area contributed by atoms with Crippen LogP contribution in [0, 0.1) is 5.92 Å². The maximum absolute atomic E-state index is 12.2. The van der Waals surface area contributed by atoms with Gasteiger partial charge in [-0.05, 0) is 36.5 Å². The molecule has 1 aliphatic heterocycles. The second-order valence-corrected chi connectivity index (χ2v) is 6.64. The standard InChI is InChI=1S/C14H18O3S/c1-2-12-3-5-14(6-4-12)18(15,16)11-13-7-9-17-10-8-13/h2-6,13H,1,7-11H2. The van der Waals surface area contributed by atoms with Crippen molar-refractivity contribution < 1.29 is 13.2 Å². The Labute approximate surface area is 108 Å². The van der Waals surface area contributed by atoms with Crippen LogP contribution in [0.2, 0.25) is 0 Å². The predicted molar refractivity (Wildman–Crippen MR) is 72.1 cm³/mol. The van der Waals surface area contributed by atoms with E-state index >= 15 is 0 Å². The molecular weight excluding hydrogens is 248 g/mol. The molecule has 0 bridgehead atoms. The lowest BCUT2D eigenvalue weighted by Gasteiger charge is -2.21. The molecule has 98 valence electrons. The number of ether oxygens (including phenoxy) is 1. The highest BCUT2D eigenvalue weighted by Gasteiger charge is 2.23. The molecule has 0 saturated carbocycles. The molecule has 0 unspecified atom stereocenters. The van der Waals surface area contributed by atoms with Gasteiger partial charge in [-0.25, -0.2) is 8.42 Å². The summed E-state index contributed by atoms with van der Waals surface area (Å²) in [6.07, 6.45) is 3.38. The van der Waals surface area contributed by atoms with Gasteiger partial charge in [0.2, 0.25) is 0 Å². The first-order chi connectivity index (χ1) is 8.62. The summed E-state index contributed by atoms with van der Waals surface area (Å²) in [6, 6.07) is 6.88. The van der Waals surface area contributed by atoms with Crippen LogP contribution < -0.4 is 0 Å². The second-order valence-electron chi connectivity index (χ2n) is 4.61. The molecule has 1 aliphatic rings. The van der Waals surface area contributed by atoms with Crippen molar-refractivity contribution in [3.05, 3.63) is 36.4 Å². The highest BCUT2D eigenvalue weighted by molar-refractivity contribution is 7.91. The summed E-state index contributed by atoms with van der Waals surface area (Å²) in [5.41, 5.74) is 0.931. The second kappa shape index (κ2) is 5.67. The third-order valence-electron chi connectivity index (χ3n) is 3.27. The maximum Gasteiger partial charge on any atom is 0.178 e. The highest BCUT2D eigenvalue weighted by atomic mass is 32.2. The van der Waals surface area contributed by atoms with Crippen molar-refractivity contribution in [3.8, 4) is 0 Å². The molecule has 0 aliphatic carbocycles. The zero-order chi connectivity index (χ0) is 13.0. The molecule has 1 saturated heterocycles. The van der Waals surface area contributed by atoms with Crippen LogP contribution in [-0.2, 0) is 14.6 Å². The summed E-state index contributed by atoms with van der Waals surface area (Å²) in [4.78, 5) is 0.402. The molecule has 0 atom stereocenters. The minimum absolute atomic E-state index is 0.225. The minimum Gasteiger partial charge on any atom is -0.381 e. The number of benzene rings is 1. The minimum atomic E-state index is -3.17. The Balaban J connectivity index is 2.11. The maximum atomic E-state index is 12.2. The van der Waals surface area contributed by atoms with Crippen molar-refractivity contribution in [1.82, 2.24) is 0 Å². The lowest BCUT2D eigenvalue weighted by atomic mass is 10.0. The molecular formula is C14H18O3S. The molecule has 3 nitrogen and oxygen atoms in total. The Hall–Kier alpha value is -1.13. The molecule has 1 aromatic rings. The Kier molecular flexibility index (Phi) is 4.19. The quantitative estimate of drug-likeness (QED) is 0.841. The number of sulfone groups is 1. The van der Waals surface area contributed by atoms with E-state index < -0.39 is 9.84 Å². The summed E-state index contributed by atoms with van der Waals surface area (Å²) >= 11 is 0. The van der Waals surface area contributed by atoms with Crippen LogP contribution >= 0.6 is 0 Å². The molecule has 0 radical (unpaired) electrons. The summed E-state index contributed by atoms with van der Waals surface area (Å²) in [7, 11) is -3.17. The molecule has 0 spiro atoms. The van der Waals surface area contributed by atoms with Gasteiger partial charge in [0.05, 0.1) is 10.6 Å². The fourth-order valence-corrected chi connectivity index (χ4v) is 3.83. The van der Waals surface area contributed by atoms with Crippen LogP contribution in [0.5, 0.6) is 0 Å². The van der Waals surface area contributed by atoms with E-state index in [2.05, 4.69) is 6.58 Å². The van der Waals surface area contributed by atoms with Crippen LogP contribution in [0.15, 0.2) is 35.7 Å². The zero-order valence-corrected chi connectivity index (χ0v) is 11.2. The van der Waals surface area contributed by atoms with E-state index in [0.717, 1.165) is 18.4 Å². The molecule has 4 heteroatoms. The predicted octanol–water partition coefficient (Wildman–Crippen LogP) is 2.53. The average Bonchev–Trinajstić information content (AvgIpc) is 2.39. The number of hydrogen-bond acceptors (Lipinski definition) is 3. The Morgan fingerprint density at radius 2 is 1.83 bits per heavy atom. The van der Waals surface area contributed by atoms with Crippen molar-refractivity contribution in [2.75, 3.05) is 19.0 Å². The first-order valence-corrected chi connectivity index (χ1v) is 7.80. The normalized spacial score (nSPS) is 17.6. The Morgan fingerprint density at radius 3 is 2.39 bits per heavy atom. The molecule has 1 fully saturated rings. The van der Waals surface area contributed by atoms with Crippen LogP contribution in [-0.4, -0.2) is 27.4 Å². The fourth-order valence-electron chi connectivity index (χ4n) is 2.13. The van der Waals surface area contributed by atoms with Gasteiger partial charge in [-0.1, -0.05) is 24.8 Å². The van der Waals surface area contributed by atoms with E-state index in [-0.39, 0.29) is 11.7 Å². The largest absolute Gasteiger partial charge is 0.381 e. The molecule has 0 amide bonds. The van der Waals surface area contributed by atoms with E-state index in [4.69, 9.17) is 4.74 Å². The van der Waals surface area contributed by atoms with Crippen LogP contribution in [0.25, 0.3) is 6.08 Å². The third-order valence-corrected chi connectivity index (χ3v) is 5.17. The van der Waals surface area contributed by atoms with E-state index in [0.29, 0.717) is 18.1 Å². The monoisotopic (exact) mass is 266 g/mol. The van der Waals surface area contributed by atoms with Gasteiger partial charge in [0, 0.05) is 13.2 Å². The van der Waals surface area contributed by atoms with Gasteiger partial charge in [-0.15, -0.1) is 0 Å². The number of hydrogen-bond donors (Lipinski definition) is 0. The highest BCUT2D eigenvalue weighted by Crippen LogP contribution is 2.21. The average molecular weight is 266 g/mol. The molecule has 1 heterocycles. The lowest BCUT2D eigenvalue weighted by molar-refractivity contribution is 0.0723. The summed E-state index contributed by atoms with van der Waals surface area (Å²) in [6.45, 7) is 5.01. The topological polar surface area (TPSA) is 43.4 Å². The van der Waals surface area contributed by atoms with Crippen LogP contribution in [0.3, 0.4) is 0 Å². The van der Waals surface area contributed by atoms with Crippen LogP contribution in [0.1, 0.15) is 18.4 Å². The van der Waals surface area contributed by atoms with Crippen molar-refractivity contribution in [2.45, 2.75) is 17.7 Å². The van der Waals surface area contributed by atoms with E-state index in [1.54, 1.807) is 30.3 Å². The van der Waals surface area contributed by atoms with Crippen LogP contribution in [0.4, 0.5) is 0 Å². The van der Waals surface area contributed by atoms with Gasteiger partial charge >= 0.3 is 0 Å².